The Morgan fingerprint density at radius 3 is 2.63 bits per heavy atom. The lowest BCUT2D eigenvalue weighted by Crippen LogP contribution is -2.11. The normalized spacial score (nSPS) is 12.3. The Morgan fingerprint density at radius 2 is 1.85 bits per heavy atom. The Labute approximate surface area is 158 Å². The number of nitrogen functional groups attached to an aromatic ring is 1. The molecule has 0 amide bonds. The highest BCUT2D eigenvalue weighted by Crippen LogP contribution is 2.26. The number of nitrogens with one attached hydrogen (secondary N) is 1. The minimum absolute atomic E-state index is 0.0722. The lowest BCUT2D eigenvalue weighted by Gasteiger charge is -2.16. The summed E-state index contributed by atoms with van der Waals surface area (Å²) in [6, 6.07) is 12.4. The van der Waals surface area contributed by atoms with E-state index in [9.17, 15) is 0 Å². The minimum Gasteiger partial charge on any atom is -0.394 e. The molecule has 1 aromatic carbocycles. The molecule has 3 heterocycles. The summed E-state index contributed by atoms with van der Waals surface area (Å²) in [5.74, 6) is 1.21. The molecule has 27 heavy (non-hydrogen) atoms. The summed E-state index contributed by atoms with van der Waals surface area (Å²) in [6.07, 6.45) is 5.49. The second-order valence-corrected chi connectivity index (χ2v) is 6.81. The molecular weight excluding hydrogens is 336 g/mol. The molecule has 0 fully saturated rings. The molecule has 0 bridgehead atoms. The zero-order valence-electron chi connectivity index (χ0n) is 15.6. The number of aryl methyl sites for hydroxylation is 2. The number of aromatic nitrogens is 4. The van der Waals surface area contributed by atoms with E-state index in [2.05, 4.69) is 59.2 Å². The molecule has 4 rings (SSSR count). The van der Waals surface area contributed by atoms with E-state index in [1.54, 1.807) is 12.4 Å². The summed E-state index contributed by atoms with van der Waals surface area (Å²) in [6.45, 7) is 6.20. The van der Waals surface area contributed by atoms with Gasteiger partial charge in [0.15, 0.2) is 11.6 Å². The van der Waals surface area contributed by atoms with Gasteiger partial charge in [-0.2, -0.15) is 0 Å². The zero-order chi connectivity index (χ0) is 19.0. The van der Waals surface area contributed by atoms with E-state index in [1.165, 1.54) is 0 Å². The van der Waals surface area contributed by atoms with Crippen molar-refractivity contribution in [2.24, 2.45) is 0 Å². The molecule has 3 aromatic heterocycles. The predicted molar refractivity (Wildman–Crippen MR) is 109 cm³/mol. The van der Waals surface area contributed by atoms with Gasteiger partial charge >= 0.3 is 0 Å². The number of hydrogen-bond donors (Lipinski definition) is 2. The Kier molecular flexibility index (Phi) is 4.24. The number of fused-ring (bicyclic) bond motifs is 1. The maximum Gasteiger partial charge on any atom is 0.180 e. The second-order valence-electron chi connectivity index (χ2n) is 6.81. The third-order valence-electron chi connectivity index (χ3n) is 4.63. The topological polar surface area (TPSA) is 81.1 Å². The van der Waals surface area contributed by atoms with Crippen molar-refractivity contribution >= 4 is 17.2 Å². The van der Waals surface area contributed by atoms with Crippen molar-refractivity contribution in [1.82, 2.24) is 19.4 Å². The first-order valence-corrected chi connectivity index (χ1v) is 8.91. The molecule has 1 unspecified atom stereocenters. The van der Waals surface area contributed by atoms with Crippen LogP contribution in [-0.2, 0) is 0 Å². The van der Waals surface area contributed by atoms with E-state index in [4.69, 9.17) is 5.73 Å². The third kappa shape index (κ3) is 3.21. The van der Waals surface area contributed by atoms with Crippen molar-refractivity contribution in [2.75, 3.05) is 11.1 Å². The summed E-state index contributed by atoms with van der Waals surface area (Å²) in [5, 5.41) is 3.39. The molecule has 6 nitrogen and oxygen atoms in total. The Morgan fingerprint density at radius 1 is 1.07 bits per heavy atom. The van der Waals surface area contributed by atoms with Crippen molar-refractivity contribution in [1.29, 1.82) is 0 Å². The molecule has 136 valence electrons. The minimum atomic E-state index is 0.0722. The van der Waals surface area contributed by atoms with Gasteiger partial charge in [-0.1, -0.05) is 36.4 Å². The van der Waals surface area contributed by atoms with Crippen LogP contribution in [0, 0.1) is 13.8 Å². The zero-order valence-corrected chi connectivity index (χ0v) is 15.6. The van der Waals surface area contributed by atoms with Crippen LogP contribution in [0.25, 0.3) is 17.2 Å². The van der Waals surface area contributed by atoms with Crippen molar-refractivity contribution in [2.45, 2.75) is 26.8 Å². The van der Waals surface area contributed by atoms with E-state index >= 15 is 0 Å². The maximum absolute atomic E-state index is 6.12. The van der Waals surface area contributed by atoms with Gasteiger partial charge in [-0.15, -0.1) is 0 Å². The highest BCUT2D eigenvalue weighted by atomic mass is 15.1. The average Bonchev–Trinajstić information content (AvgIpc) is 3.08. The summed E-state index contributed by atoms with van der Waals surface area (Å²) < 4.78 is 2.03. The van der Waals surface area contributed by atoms with Gasteiger partial charge in [0.05, 0.1) is 24.1 Å². The van der Waals surface area contributed by atoms with Crippen LogP contribution in [0.1, 0.15) is 29.7 Å². The van der Waals surface area contributed by atoms with E-state index in [-0.39, 0.29) is 6.04 Å². The standard InChI is InChI=1S/C21H22N6/c1-13-9-14(2)21-24-11-18(27(21)12-13)20-23-10-17(22)19(26-20)25-15(3)16-7-5-4-6-8-16/h4-12,15H,22H2,1-3H3,(H,23,25,26). The van der Waals surface area contributed by atoms with Gasteiger partial charge in [0.1, 0.15) is 11.3 Å². The summed E-state index contributed by atoms with van der Waals surface area (Å²) >= 11 is 0. The largest absolute Gasteiger partial charge is 0.394 e. The molecule has 0 aliphatic rings. The molecule has 0 saturated carbocycles. The fourth-order valence-electron chi connectivity index (χ4n) is 3.26. The molecule has 4 aromatic rings. The number of anilines is 2. The second kappa shape index (κ2) is 6.72. The maximum atomic E-state index is 6.12. The number of nitrogens with zero attached hydrogens (tertiary/aromatic N) is 4. The van der Waals surface area contributed by atoms with Gasteiger partial charge in [0.2, 0.25) is 0 Å². The van der Waals surface area contributed by atoms with Crippen LogP contribution in [0.2, 0.25) is 0 Å². The van der Waals surface area contributed by atoms with Crippen LogP contribution in [0.3, 0.4) is 0 Å². The van der Waals surface area contributed by atoms with E-state index in [1.807, 2.05) is 28.8 Å². The lowest BCUT2D eigenvalue weighted by molar-refractivity contribution is 0.873. The summed E-state index contributed by atoms with van der Waals surface area (Å²) in [5.41, 5.74) is 11.8. The molecule has 1 atom stereocenters. The number of rotatable bonds is 4. The first-order chi connectivity index (χ1) is 13.0. The number of nitrogens with two attached hydrogens (primary N) is 1. The van der Waals surface area contributed by atoms with Crippen LogP contribution in [-0.4, -0.2) is 19.4 Å². The first kappa shape index (κ1) is 17.0. The quantitative estimate of drug-likeness (QED) is 0.572. The van der Waals surface area contributed by atoms with Gasteiger partial charge in [-0.25, -0.2) is 15.0 Å². The van der Waals surface area contributed by atoms with Crippen molar-refractivity contribution in [3.63, 3.8) is 0 Å². The smallest absolute Gasteiger partial charge is 0.180 e. The van der Waals surface area contributed by atoms with Crippen molar-refractivity contribution in [3.05, 3.63) is 71.7 Å². The van der Waals surface area contributed by atoms with Gasteiger partial charge in [0, 0.05) is 6.20 Å². The molecule has 0 spiro atoms. The molecular formula is C21H22N6. The molecule has 0 aliphatic heterocycles. The molecule has 6 heteroatoms. The molecule has 0 aliphatic carbocycles. The number of benzene rings is 1. The van der Waals surface area contributed by atoms with Gasteiger partial charge < -0.3 is 11.1 Å². The first-order valence-electron chi connectivity index (χ1n) is 8.91. The third-order valence-corrected chi connectivity index (χ3v) is 4.63. The summed E-state index contributed by atoms with van der Waals surface area (Å²) in [7, 11) is 0. The van der Waals surface area contributed by atoms with Crippen LogP contribution in [0.4, 0.5) is 11.5 Å². The van der Waals surface area contributed by atoms with E-state index in [0.717, 1.165) is 28.0 Å². The van der Waals surface area contributed by atoms with Gasteiger partial charge in [0.25, 0.3) is 0 Å². The average molecular weight is 358 g/mol. The Balaban J connectivity index is 1.73. The summed E-state index contributed by atoms with van der Waals surface area (Å²) in [4.78, 5) is 13.6. The number of imidazole rings is 1. The van der Waals surface area contributed by atoms with Crippen LogP contribution < -0.4 is 11.1 Å². The number of pyridine rings is 1. The Bertz CT molecular complexity index is 1100. The predicted octanol–water partition coefficient (Wildman–Crippen LogP) is 4.16. The highest BCUT2D eigenvalue weighted by Gasteiger charge is 2.14. The highest BCUT2D eigenvalue weighted by molar-refractivity contribution is 5.66. The van der Waals surface area contributed by atoms with E-state index in [0.29, 0.717) is 17.3 Å². The van der Waals surface area contributed by atoms with Crippen LogP contribution in [0.15, 0.2) is 55.0 Å². The SMILES string of the molecule is Cc1cc(C)c2ncc(-c3ncc(N)c(NC(C)c4ccccc4)n3)n2c1. The number of hydrogen-bond acceptors (Lipinski definition) is 5. The molecule has 0 saturated heterocycles. The van der Waals surface area contributed by atoms with Crippen LogP contribution in [0.5, 0.6) is 0 Å². The lowest BCUT2D eigenvalue weighted by atomic mass is 10.1. The fourth-order valence-corrected chi connectivity index (χ4v) is 3.26. The van der Waals surface area contributed by atoms with E-state index < -0.39 is 0 Å². The monoisotopic (exact) mass is 358 g/mol. The van der Waals surface area contributed by atoms with Crippen molar-refractivity contribution < 1.29 is 0 Å². The van der Waals surface area contributed by atoms with Crippen molar-refractivity contribution in [3.8, 4) is 11.5 Å². The van der Waals surface area contributed by atoms with Crippen LogP contribution >= 0.6 is 0 Å². The Hall–Kier alpha value is -3.41. The molecule has 3 N–H and O–H groups in total. The van der Waals surface area contributed by atoms with Gasteiger partial charge in [-0.3, -0.25) is 4.40 Å². The fraction of sp³-hybridized carbons (Fsp3) is 0.190. The molecule has 0 radical (unpaired) electrons. The van der Waals surface area contributed by atoms with Gasteiger partial charge in [-0.05, 0) is 37.5 Å².